The predicted octanol–water partition coefficient (Wildman–Crippen LogP) is 3.92. The maximum Gasteiger partial charge on any atom is 0.251 e. The summed E-state index contributed by atoms with van der Waals surface area (Å²) in [6.07, 6.45) is -0.745. The van der Waals surface area contributed by atoms with Crippen LogP contribution in [0.2, 0.25) is 0 Å². The average Bonchev–Trinajstić information content (AvgIpc) is 2.59. The summed E-state index contributed by atoms with van der Waals surface area (Å²) >= 11 is 0. The molecule has 3 rings (SSSR count). The van der Waals surface area contributed by atoms with E-state index in [-0.39, 0.29) is 12.5 Å². The molecule has 0 aliphatic rings. The van der Waals surface area contributed by atoms with Gasteiger partial charge in [0.1, 0.15) is 0 Å². The minimum Gasteiger partial charge on any atom is -0.387 e. The van der Waals surface area contributed by atoms with Crippen molar-refractivity contribution in [1.82, 2.24) is 5.32 Å². The number of carbonyl (C=O) groups is 1. The lowest BCUT2D eigenvalue weighted by atomic mass is 10.00. The Labute approximate surface area is 142 Å². The fraction of sp³-hybridized carbons (Fsp3) is 0.190. The van der Waals surface area contributed by atoms with E-state index in [1.54, 1.807) is 0 Å². The third kappa shape index (κ3) is 3.31. The molecular formula is C21H21NO2. The maximum atomic E-state index is 12.4. The molecule has 0 aliphatic carbocycles. The van der Waals surface area contributed by atoms with Gasteiger partial charge in [-0.15, -0.1) is 0 Å². The first kappa shape index (κ1) is 16.2. The van der Waals surface area contributed by atoms with Gasteiger partial charge in [0.2, 0.25) is 0 Å². The van der Waals surface area contributed by atoms with E-state index < -0.39 is 6.10 Å². The Bertz CT molecular complexity index is 881. The Kier molecular flexibility index (Phi) is 4.63. The minimum atomic E-state index is -0.745. The first-order valence-electron chi connectivity index (χ1n) is 8.07. The standard InChI is InChI=1S/C21H21NO2/c1-14-10-11-17(15(2)12-14)21(24)22-13-20(23)19-9-5-7-16-6-3-4-8-18(16)19/h3-12,20,23H,13H2,1-2H3,(H,22,24). The molecule has 24 heavy (non-hydrogen) atoms. The Morgan fingerprint density at radius 3 is 2.58 bits per heavy atom. The van der Waals surface area contributed by atoms with Gasteiger partial charge in [-0.05, 0) is 41.8 Å². The van der Waals surface area contributed by atoms with Crippen LogP contribution in [0.4, 0.5) is 0 Å². The van der Waals surface area contributed by atoms with Gasteiger partial charge in [0.25, 0.3) is 5.91 Å². The van der Waals surface area contributed by atoms with Crippen LogP contribution in [0.1, 0.15) is 33.2 Å². The van der Waals surface area contributed by atoms with Crippen molar-refractivity contribution < 1.29 is 9.90 Å². The molecule has 0 aromatic heterocycles. The molecule has 3 heteroatoms. The van der Waals surface area contributed by atoms with Crippen molar-refractivity contribution in [2.24, 2.45) is 0 Å². The van der Waals surface area contributed by atoms with Gasteiger partial charge in [-0.2, -0.15) is 0 Å². The van der Waals surface area contributed by atoms with Gasteiger partial charge in [-0.25, -0.2) is 0 Å². The number of hydrogen-bond acceptors (Lipinski definition) is 2. The third-order valence-corrected chi connectivity index (χ3v) is 4.26. The maximum absolute atomic E-state index is 12.4. The number of aliphatic hydroxyl groups excluding tert-OH is 1. The van der Waals surface area contributed by atoms with Crippen molar-refractivity contribution in [1.29, 1.82) is 0 Å². The highest BCUT2D eigenvalue weighted by Gasteiger charge is 2.14. The average molecular weight is 319 g/mol. The van der Waals surface area contributed by atoms with Crippen LogP contribution >= 0.6 is 0 Å². The summed E-state index contributed by atoms with van der Waals surface area (Å²) in [6, 6.07) is 19.5. The number of aliphatic hydroxyl groups is 1. The Morgan fingerprint density at radius 1 is 1.04 bits per heavy atom. The summed E-state index contributed by atoms with van der Waals surface area (Å²) in [5.74, 6) is -0.160. The van der Waals surface area contributed by atoms with Crippen LogP contribution in [0.25, 0.3) is 10.8 Å². The molecule has 1 unspecified atom stereocenters. The van der Waals surface area contributed by atoms with E-state index in [0.717, 1.165) is 27.5 Å². The molecule has 2 N–H and O–H groups in total. The summed E-state index contributed by atoms with van der Waals surface area (Å²) in [4.78, 5) is 12.4. The van der Waals surface area contributed by atoms with Crippen LogP contribution in [-0.4, -0.2) is 17.6 Å². The third-order valence-electron chi connectivity index (χ3n) is 4.26. The number of benzene rings is 3. The number of nitrogens with one attached hydrogen (secondary N) is 1. The van der Waals surface area contributed by atoms with Crippen molar-refractivity contribution in [2.75, 3.05) is 6.54 Å². The molecule has 122 valence electrons. The van der Waals surface area contributed by atoms with E-state index in [1.165, 1.54) is 0 Å². The topological polar surface area (TPSA) is 49.3 Å². The lowest BCUT2D eigenvalue weighted by Gasteiger charge is -2.15. The lowest BCUT2D eigenvalue weighted by molar-refractivity contribution is 0.0916. The summed E-state index contributed by atoms with van der Waals surface area (Å²) in [6.45, 7) is 4.10. The van der Waals surface area contributed by atoms with Gasteiger partial charge >= 0.3 is 0 Å². The van der Waals surface area contributed by atoms with Crippen LogP contribution in [0, 0.1) is 13.8 Å². The predicted molar refractivity (Wildman–Crippen MR) is 97.2 cm³/mol. The normalized spacial score (nSPS) is 12.1. The molecule has 3 aromatic carbocycles. The molecule has 1 atom stereocenters. The quantitative estimate of drug-likeness (QED) is 0.766. The van der Waals surface area contributed by atoms with Crippen molar-refractivity contribution in [2.45, 2.75) is 20.0 Å². The molecular weight excluding hydrogens is 298 g/mol. The fourth-order valence-corrected chi connectivity index (χ4v) is 3.00. The SMILES string of the molecule is Cc1ccc(C(=O)NCC(O)c2cccc3ccccc23)c(C)c1. The number of rotatable bonds is 4. The van der Waals surface area contributed by atoms with Gasteiger partial charge in [0, 0.05) is 12.1 Å². The molecule has 0 radical (unpaired) electrons. The molecule has 0 saturated carbocycles. The molecule has 0 fully saturated rings. The largest absolute Gasteiger partial charge is 0.387 e. The van der Waals surface area contributed by atoms with E-state index in [2.05, 4.69) is 5.32 Å². The number of carbonyl (C=O) groups excluding carboxylic acids is 1. The second-order valence-electron chi connectivity index (χ2n) is 6.11. The van der Waals surface area contributed by atoms with Gasteiger partial charge in [-0.1, -0.05) is 60.2 Å². The van der Waals surface area contributed by atoms with E-state index in [9.17, 15) is 9.90 Å². The molecule has 0 spiro atoms. The molecule has 1 amide bonds. The minimum absolute atomic E-state index is 0.160. The Morgan fingerprint density at radius 2 is 1.79 bits per heavy atom. The lowest BCUT2D eigenvalue weighted by Crippen LogP contribution is -2.29. The zero-order chi connectivity index (χ0) is 17.1. The summed E-state index contributed by atoms with van der Waals surface area (Å²) in [7, 11) is 0. The van der Waals surface area contributed by atoms with Gasteiger partial charge in [-0.3, -0.25) is 4.79 Å². The summed E-state index contributed by atoms with van der Waals surface area (Å²) in [5, 5.41) is 15.4. The Balaban J connectivity index is 1.75. The molecule has 0 bridgehead atoms. The highest BCUT2D eigenvalue weighted by Crippen LogP contribution is 2.24. The molecule has 3 nitrogen and oxygen atoms in total. The van der Waals surface area contributed by atoms with Crippen molar-refractivity contribution >= 4 is 16.7 Å². The monoisotopic (exact) mass is 319 g/mol. The van der Waals surface area contributed by atoms with E-state index >= 15 is 0 Å². The Hall–Kier alpha value is -2.65. The summed E-state index contributed by atoms with van der Waals surface area (Å²) in [5.41, 5.74) is 3.53. The molecule has 0 heterocycles. The van der Waals surface area contributed by atoms with E-state index in [0.29, 0.717) is 5.56 Å². The van der Waals surface area contributed by atoms with E-state index in [1.807, 2.05) is 74.5 Å². The molecule has 0 saturated heterocycles. The number of fused-ring (bicyclic) bond motifs is 1. The zero-order valence-electron chi connectivity index (χ0n) is 13.9. The number of hydrogen-bond donors (Lipinski definition) is 2. The van der Waals surface area contributed by atoms with Crippen LogP contribution in [-0.2, 0) is 0 Å². The van der Waals surface area contributed by atoms with Crippen LogP contribution in [0.3, 0.4) is 0 Å². The fourth-order valence-electron chi connectivity index (χ4n) is 3.00. The highest BCUT2D eigenvalue weighted by atomic mass is 16.3. The van der Waals surface area contributed by atoms with E-state index in [4.69, 9.17) is 0 Å². The van der Waals surface area contributed by atoms with Gasteiger partial charge < -0.3 is 10.4 Å². The van der Waals surface area contributed by atoms with Crippen LogP contribution < -0.4 is 5.32 Å². The first-order chi connectivity index (χ1) is 11.6. The van der Waals surface area contributed by atoms with Gasteiger partial charge in [0.15, 0.2) is 0 Å². The van der Waals surface area contributed by atoms with Gasteiger partial charge in [0.05, 0.1) is 6.10 Å². The molecule has 0 aliphatic heterocycles. The highest BCUT2D eigenvalue weighted by molar-refractivity contribution is 5.95. The van der Waals surface area contributed by atoms with Crippen molar-refractivity contribution in [3.05, 3.63) is 82.9 Å². The van der Waals surface area contributed by atoms with Crippen molar-refractivity contribution in [3.63, 3.8) is 0 Å². The molecule has 3 aromatic rings. The summed E-state index contributed by atoms with van der Waals surface area (Å²) < 4.78 is 0. The second-order valence-corrected chi connectivity index (χ2v) is 6.11. The van der Waals surface area contributed by atoms with Crippen molar-refractivity contribution in [3.8, 4) is 0 Å². The number of amides is 1. The first-order valence-corrected chi connectivity index (χ1v) is 8.07. The second kappa shape index (κ2) is 6.85. The number of aryl methyl sites for hydroxylation is 2. The van der Waals surface area contributed by atoms with Crippen LogP contribution in [0.5, 0.6) is 0 Å². The smallest absolute Gasteiger partial charge is 0.251 e. The zero-order valence-corrected chi connectivity index (χ0v) is 13.9. The van der Waals surface area contributed by atoms with Crippen LogP contribution in [0.15, 0.2) is 60.7 Å².